The van der Waals surface area contributed by atoms with Crippen molar-refractivity contribution in [2.45, 2.75) is 13.0 Å². The summed E-state index contributed by atoms with van der Waals surface area (Å²) in [5, 5.41) is 11.4. The van der Waals surface area contributed by atoms with E-state index in [4.69, 9.17) is 0 Å². The highest BCUT2D eigenvalue weighted by atomic mass is 32.1. The van der Waals surface area contributed by atoms with Crippen LogP contribution in [0.1, 0.15) is 21.6 Å². The summed E-state index contributed by atoms with van der Waals surface area (Å²) in [6.45, 7) is 0.452. The molecule has 3 rings (SSSR count). The molecular weight excluding hydrogens is 344 g/mol. The predicted molar refractivity (Wildman–Crippen MR) is 94.2 cm³/mol. The lowest BCUT2D eigenvalue weighted by Crippen LogP contribution is -2.24. The van der Waals surface area contributed by atoms with E-state index in [1.807, 2.05) is 17.5 Å². The first kappa shape index (κ1) is 16.3. The van der Waals surface area contributed by atoms with Crippen LogP contribution in [0.4, 0.5) is 5.13 Å². The molecule has 0 aliphatic carbocycles. The minimum Gasteiger partial charge on any atom is -0.352 e. The number of thiazole rings is 1. The van der Waals surface area contributed by atoms with Crippen molar-refractivity contribution in [3.05, 3.63) is 63.6 Å². The zero-order valence-corrected chi connectivity index (χ0v) is 14.2. The quantitative estimate of drug-likeness (QED) is 0.710. The molecule has 0 atom stereocenters. The molecular formula is C16H14N4O2S2. The summed E-state index contributed by atoms with van der Waals surface area (Å²) < 4.78 is 0. The van der Waals surface area contributed by atoms with Crippen molar-refractivity contribution < 1.29 is 9.59 Å². The van der Waals surface area contributed by atoms with Crippen LogP contribution >= 0.6 is 22.7 Å². The summed E-state index contributed by atoms with van der Waals surface area (Å²) in [5.74, 6) is -0.313. The molecule has 0 fully saturated rings. The number of thiophene rings is 1. The number of carbonyl (C=O) groups excluding carboxylic acids is 2. The monoisotopic (exact) mass is 358 g/mol. The second-order valence-corrected chi connectivity index (χ2v) is 6.56. The van der Waals surface area contributed by atoms with Crippen LogP contribution in [-0.4, -0.2) is 21.8 Å². The van der Waals surface area contributed by atoms with E-state index < -0.39 is 0 Å². The Kier molecular flexibility index (Phi) is 5.29. The molecule has 3 aromatic heterocycles. The molecule has 2 N–H and O–H groups in total. The molecule has 0 bridgehead atoms. The minimum atomic E-state index is -0.195. The molecule has 0 spiro atoms. The zero-order valence-electron chi connectivity index (χ0n) is 12.6. The molecule has 0 saturated carbocycles. The predicted octanol–water partition coefficient (Wildman–Crippen LogP) is 2.71. The first-order chi connectivity index (χ1) is 11.7. The Morgan fingerprint density at radius 3 is 2.71 bits per heavy atom. The number of nitrogens with one attached hydrogen (secondary N) is 2. The number of carbonyl (C=O) groups is 2. The number of aromatic nitrogens is 2. The Labute approximate surface area is 146 Å². The van der Waals surface area contributed by atoms with Gasteiger partial charge in [-0.05, 0) is 29.1 Å². The summed E-state index contributed by atoms with van der Waals surface area (Å²) >= 11 is 2.76. The number of nitrogens with zero attached hydrogens (tertiary/aromatic N) is 2. The lowest BCUT2D eigenvalue weighted by atomic mass is 10.2. The highest BCUT2D eigenvalue weighted by Gasteiger charge is 2.11. The van der Waals surface area contributed by atoms with Crippen molar-refractivity contribution in [1.29, 1.82) is 0 Å². The molecule has 0 aromatic carbocycles. The molecule has 0 unspecified atom stereocenters. The second kappa shape index (κ2) is 7.80. The zero-order chi connectivity index (χ0) is 16.8. The molecule has 0 aliphatic rings. The SMILES string of the molecule is O=C(Cc1csc(NC(=O)c2ccsc2)n1)NCc1ccncc1. The van der Waals surface area contributed by atoms with Crippen molar-refractivity contribution in [3.8, 4) is 0 Å². The van der Waals surface area contributed by atoms with Gasteiger partial charge in [-0.3, -0.25) is 19.9 Å². The topological polar surface area (TPSA) is 84.0 Å². The maximum Gasteiger partial charge on any atom is 0.258 e. The molecule has 2 amide bonds. The smallest absolute Gasteiger partial charge is 0.258 e. The van der Waals surface area contributed by atoms with E-state index in [9.17, 15) is 9.59 Å². The third-order valence-corrected chi connectivity index (χ3v) is 4.63. The minimum absolute atomic E-state index is 0.118. The maximum atomic E-state index is 12.0. The summed E-state index contributed by atoms with van der Waals surface area (Å²) in [4.78, 5) is 32.1. The van der Waals surface area contributed by atoms with Gasteiger partial charge in [0.25, 0.3) is 5.91 Å². The van der Waals surface area contributed by atoms with Crippen molar-refractivity contribution in [1.82, 2.24) is 15.3 Å². The molecule has 24 heavy (non-hydrogen) atoms. The highest BCUT2D eigenvalue weighted by Crippen LogP contribution is 2.17. The average Bonchev–Trinajstić information content (AvgIpc) is 3.26. The van der Waals surface area contributed by atoms with Crippen LogP contribution in [0, 0.1) is 0 Å². The van der Waals surface area contributed by atoms with Crippen molar-refractivity contribution in [2.75, 3.05) is 5.32 Å². The van der Waals surface area contributed by atoms with Crippen LogP contribution in [0.15, 0.2) is 46.7 Å². The van der Waals surface area contributed by atoms with Gasteiger partial charge in [0.1, 0.15) is 0 Å². The second-order valence-electron chi connectivity index (χ2n) is 4.92. The Balaban J connectivity index is 1.50. The molecule has 0 aliphatic heterocycles. The summed E-state index contributed by atoms with van der Waals surface area (Å²) in [5.41, 5.74) is 2.22. The number of anilines is 1. The molecule has 3 heterocycles. The standard InChI is InChI=1S/C16H14N4O2S2/c21-14(18-8-11-1-4-17-5-2-11)7-13-10-24-16(19-13)20-15(22)12-3-6-23-9-12/h1-6,9-10H,7-8H2,(H,18,21)(H,19,20,22). The summed E-state index contributed by atoms with van der Waals surface area (Å²) in [7, 11) is 0. The summed E-state index contributed by atoms with van der Waals surface area (Å²) in [6.07, 6.45) is 3.55. The van der Waals surface area contributed by atoms with Gasteiger partial charge in [-0.15, -0.1) is 11.3 Å². The van der Waals surface area contributed by atoms with Gasteiger partial charge in [0, 0.05) is 29.7 Å². The number of rotatable bonds is 6. The molecule has 0 saturated heterocycles. The lowest BCUT2D eigenvalue weighted by Gasteiger charge is -2.03. The number of hydrogen-bond acceptors (Lipinski definition) is 6. The van der Waals surface area contributed by atoms with E-state index in [-0.39, 0.29) is 18.2 Å². The molecule has 122 valence electrons. The molecule has 0 radical (unpaired) electrons. The van der Waals surface area contributed by atoms with Crippen LogP contribution < -0.4 is 10.6 Å². The van der Waals surface area contributed by atoms with E-state index >= 15 is 0 Å². The largest absolute Gasteiger partial charge is 0.352 e. The van der Waals surface area contributed by atoms with Crippen LogP contribution in [0.2, 0.25) is 0 Å². The number of amides is 2. The fourth-order valence-corrected chi connectivity index (χ4v) is 3.28. The lowest BCUT2D eigenvalue weighted by molar-refractivity contribution is -0.120. The van der Waals surface area contributed by atoms with Crippen molar-refractivity contribution >= 4 is 39.6 Å². The molecule has 3 aromatic rings. The third kappa shape index (κ3) is 4.46. The Hall–Kier alpha value is -2.58. The first-order valence-corrected chi connectivity index (χ1v) is 8.96. The maximum absolute atomic E-state index is 12.0. The average molecular weight is 358 g/mol. The van der Waals surface area contributed by atoms with Gasteiger partial charge in [0.2, 0.25) is 5.91 Å². The highest BCUT2D eigenvalue weighted by molar-refractivity contribution is 7.14. The van der Waals surface area contributed by atoms with Gasteiger partial charge in [0.05, 0.1) is 17.7 Å². The fourth-order valence-electron chi connectivity index (χ4n) is 1.94. The number of pyridine rings is 1. The van der Waals surface area contributed by atoms with Crippen molar-refractivity contribution in [2.24, 2.45) is 0 Å². The molecule has 8 heteroatoms. The van der Waals surface area contributed by atoms with E-state index in [0.717, 1.165) is 5.56 Å². The van der Waals surface area contributed by atoms with Gasteiger partial charge < -0.3 is 5.32 Å². The normalized spacial score (nSPS) is 10.3. The summed E-state index contributed by atoms with van der Waals surface area (Å²) in [6, 6.07) is 5.45. The van der Waals surface area contributed by atoms with Gasteiger partial charge >= 0.3 is 0 Å². The van der Waals surface area contributed by atoms with E-state index in [0.29, 0.717) is 22.9 Å². The van der Waals surface area contributed by atoms with Crippen LogP contribution in [-0.2, 0) is 17.8 Å². The Bertz CT molecular complexity index is 816. The van der Waals surface area contributed by atoms with Crippen LogP contribution in [0.25, 0.3) is 0 Å². The third-order valence-electron chi connectivity index (χ3n) is 3.14. The van der Waals surface area contributed by atoms with E-state index in [1.54, 1.807) is 29.2 Å². The Morgan fingerprint density at radius 2 is 1.96 bits per heavy atom. The van der Waals surface area contributed by atoms with Gasteiger partial charge in [-0.2, -0.15) is 11.3 Å². The van der Waals surface area contributed by atoms with Crippen LogP contribution in [0.3, 0.4) is 0 Å². The van der Waals surface area contributed by atoms with E-state index in [2.05, 4.69) is 20.6 Å². The first-order valence-electron chi connectivity index (χ1n) is 7.14. The van der Waals surface area contributed by atoms with Gasteiger partial charge in [-0.25, -0.2) is 4.98 Å². The van der Waals surface area contributed by atoms with E-state index in [1.165, 1.54) is 22.7 Å². The fraction of sp³-hybridized carbons (Fsp3) is 0.125. The van der Waals surface area contributed by atoms with Crippen LogP contribution in [0.5, 0.6) is 0 Å². The number of hydrogen-bond donors (Lipinski definition) is 2. The van der Waals surface area contributed by atoms with Gasteiger partial charge in [0.15, 0.2) is 5.13 Å². The Morgan fingerprint density at radius 1 is 1.12 bits per heavy atom. The van der Waals surface area contributed by atoms with Crippen molar-refractivity contribution in [3.63, 3.8) is 0 Å². The van der Waals surface area contributed by atoms with Gasteiger partial charge in [-0.1, -0.05) is 0 Å². The molecule has 6 nitrogen and oxygen atoms in total.